The molecular formula is C19H17FN2O2. The van der Waals surface area contributed by atoms with Gasteiger partial charge in [-0.2, -0.15) is 5.10 Å². The summed E-state index contributed by atoms with van der Waals surface area (Å²) < 4.78 is 19.7. The molecule has 0 aliphatic carbocycles. The fourth-order valence-electron chi connectivity index (χ4n) is 2.51. The van der Waals surface area contributed by atoms with Crippen LogP contribution >= 0.6 is 0 Å². The molecule has 0 aliphatic rings. The smallest absolute Gasteiger partial charge is 0.330 e. The maximum Gasteiger partial charge on any atom is 0.330 e. The second-order valence-corrected chi connectivity index (χ2v) is 5.39. The Morgan fingerprint density at radius 1 is 1.29 bits per heavy atom. The first kappa shape index (κ1) is 15.9. The summed E-state index contributed by atoms with van der Waals surface area (Å²) >= 11 is 0. The van der Waals surface area contributed by atoms with Gasteiger partial charge in [-0.15, -0.1) is 0 Å². The zero-order valence-electron chi connectivity index (χ0n) is 13.5. The average molecular weight is 324 g/mol. The van der Waals surface area contributed by atoms with E-state index >= 15 is 0 Å². The molecule has 0 amide bonds. The lowest BCUT2D eigenvalue weighted by Gasteiger charge is -2.06. The van der Waals surface area contributed by atoms with Gasteiger partial charge in [-0.25, -0.2) is 13.9 Å². The minimum absolute atomic E-state index is 0.280. The van der Waals surface area contributed by atoms with E-state index < -0.39 is 0 Å². The molecule has 0 saturated heterocycles. The molecule has 0 atom stereocenters. The maximum absolute atomic E-state index is 13.1. The number of halogens is 1. The molecule has 5 heteroatoms. The quantitative estimate of drug-likeness (QED) is 0.537. The summed E-state index contributed by atoms with van der Waals surface area (Å²) in [7, 11) is 0. The number of aromatic nitrogens is 2. The summed E-state index contributed by atoms with van der Waals surface area (Å²) in [6.45, 7) is 4.09. The summed E-state index contributed by atoms with van der Waals surface area (Å²) in [6, 6.07) is 10.2. The van der Waals surface area contributed by atoms with Crippen molar-refractivity contribution in [1.29, 1.82) is 0 Å². The van der Waals surface area contributed by atoms with Crippen LogP contribution in [0.25, 0.3) is 22.7 Å². The maximum atomic E-state index is 13.1. The number of hydrogen-bond acceptors (Lipinski definition) is 3. The summed E-state index contributed by atoms with van der Waals surface area (Å²) in [6.07, 6.45) is 4.91. The Balaban J connectivity index is 1.99. The van der Waals surface area contributed by atoms with Crippen LogP contribution in [-0.4, -0.2) is 22.4 Å². The van der Waals surface area contributed by atoms with Gasteiger partial charge in [0.05, 0.1) is 24.0 Å². The number of fused-ring (bicyclic) bond motifs is 1. The van der Waals surface area contributed by atoms with Crippen LogP contribution in [0.2, 0.25) is 0 Å². The number of carbonyl (C=O) groups excluding carboxylic acids is 1. The number of ether oxygens (including phenoxy) is 1. The fourth-order valence-corrected chi connectivity index (χ4v) is 2.51. The number of rotatable bonds is 4. The van der Waals surface area contributed by atoms with Crippen LogP contribution in [0.4, 0.5) is 4.39 Å². The van der Waals surface area contributed by atoms with E-state index in [0.717, 1.165) is 27.7 Å². The van der Waals surface area contributed by atoms with Crippen molar-refractivity contribution in [3.8, 4) is 5.69 Å². The third-order valence-electron chi connectivity index (χ3n) is 3.71. The molecule has 3 aromatic rings. The lowest BCUT2D eigenvalue weighted by molar-refractivity contribution is -0.137. The number of aryl methyl sites for hydroxylation is 1. The molecule has 0 radical (unpaired) electrons. The van der Waals surface area contributed by atoms with Crippen molar-refractivity contribution in [3.63, 3.8) is 0 Å². The first-order chi connectivity index (χ1) is 11.6. The Morgan fingerprint density at radius 3 is 2.75 bits per heavy atom. The molecule has 3 rings (SSSR count). The van der Waals surface area contributed by atoms with E-state index in [0.29, 0.717) is 6.61 Å². The highest BCUT2D eigenvalue weighted by atomic mass is 19.1. The molecule has 0 saturated carbocycles. The molecule has 0 fully saturated rings. The van der Waals surface area contributed by atoms with Crippen LogP contribution in [0, 0.1) is 12.7 Å². The number of esters is 1. The van der Waals surface area contributed by atoms with Crippen molar-refractivity contribution < 1.29 is 13.9 Å². The first-order valence-electron chi connectivity index (χ1n) is 7.67. The SMILES string of the molecule is CCOC(=O)C=Cc1cc2cnn(-c3ccc(F)cc3)c2cc1C. The van der Waals surface area contributed by atoms with Crippen LogP contribution in [0.1, 0.15) is 18.1 Å². The van der Waals surface area contributed by atoms with Crippen LogP contribution in [0.15, 0.2) is 48.7 Å². The standard InChI is InChI=1S/C19H17FN2O2/c1-3-24-19(23)9-4-14-11-15-12-21-22(18(15)10-13(14)2)17-7-5-16(20)6-8-17/h4-12H,3H2,1-2H3. The average Bonchev–Trinajstić information content (AvgIpc) is 2.96. The summed E-state index contributed by atoms with van der Waals surface area (Å²) in [5.74, 6) is -0.642. The number of carbonyl (C=O) groups is 1. The van der Waals surface area contributed by atoms with Crippen molar-refractivity contribution in [3.05, 3.63) is 65.6 Å². The number of benzene rings is 2. The molecular weight excluding hydrogens is 307 g/mol. The predicted octanol–water partition coefficient (Wildman–Crippen LogP) is 4.05. The Bertz CT molecular complexity index is 911. The van der Waals surface area contributed by atoms with Gasteiger partial charge in [-0.3, -0.25) is 0 Å². The largest absolute Gasteiger partial charge is 0.463 e. The first-order valence-corrected chi connectivity index (χ1v) is 7.67. The van der Waals surface area contributed by atoms with E-state index in [2.05, 4.69) is 5.10 Å². The minimum atomic E-state index is -0.362. The van der Waals surface area contributed by atoms with Gasteiger partial charge in [0.2, 0.25) is 0 Å². The zero-order chi connectivity index (χ0) is 17.1. The van der Waals surface area contributed by atoms with Crippen molar-refractivity contribution in [1.82, 2.24) is 9.78 Å². The van der Waals surface area contributed by atoms with Crippen molar-refractivity contribution in [2.45, 2.75) is 13.8 Å². The van der Waals surface area contributed by atoms with Gasteiger partial charge in [0.1, 0.15) is 5.82 Å². The van der Waals surface area contributed by atoms with E-state index in [4.69, 9.17) is 4.74 Å². The Morgan fingerprint density at radius 2 is 2.04 bits per heavy atom. The van der Waals surface area contributed by atoms with E-state index in [1.165, 1.54) is 18.2 Å². The summed E-state index contributed by atoms with van der Waals surface area (Å²) in [4.78, 5) is 11.5. The lowest BCUT2D eigenvalue weighted by atomic mass is 10.1. The molecule has 1 heterocycles. The van der Waals surface area contributed by atoms with Crippen LogP contribution in [0.5, 0.6) is 0 Å². The highest BCUT2D eigenvalue weighted by molar-refractivity contribution is 5.90. The summed E-state index contributed by atoms with van der Waals surface area (Å²) in [5.41, 5.74) is 3.65. The minimum Gasteiger partial charge on any atom is -0.463 e. The molecule has 2 aromatic carbocycles. The van der Waals surface area contributed by atoms with Crippen molar-refractivity contribution >= 4 is 22.9 Å². The topological polar surface area (TPSA) is 44.1 Å². The normalized spacial score (nSPS) is 11.3. The molecule has 0 bridgehead atoms. The monoisotopic (exact) mass is 324 g/mol. The molecule has 0 spiro atoms. The van der Waals surface area contributed by atoms with Gasteiger partial charge in [0.15, 0.2) is 0 Å². The van der Waals surface area contributed by atoms with Gasteiger partial charge in [-0.05, 0) is 67.4 Å². The Hall–Kier alpha value is -2.95. The van der Waals surface area contributed by atoms with Crippen LogP contribution in [0.3, 0.4) is 0 Å². The third-order valence-corrected chi connectivity index (χ3v) is 3.71. The summed E-state index contributed by atoms with van der Waals surface area (Å²) in [5, 5.41) is 5.32. The van der Waals surface area contributed by atoms with E-state index in [9.17, 15) is 9.18 Å². The highest BCUT2D eigenvalue weighted by Gasteiger charge is 2.08. The lowest BCUT2D eigenvalue weighted by Crippen LogP contribution is -1.99. The van der Waals surface area contributed by atoms with E-state index in [1.807, 2.05) is 19.1 Å². The Labute approximate surface area is 139 Å². The third kappa shape index (κ3) is 3.20. The Kier molecular flexibility index (Phi) is 4.42. The van der Waals surface area contributed by atoms with E-state index in [-0.39, 0.29) is 11.8 Å². The van der Waals surface area contributed by atoms with Gasteiger partial charge in [-0.1, -0.05) is 0 Å². The molecule has 24 heavy (non-hydrogen) atoms. The second-order valence-electron chi connectivity index (χ2n) is 5.39. The zero-order valence-corrected chi connectivity index (χ0v) is 13.5. The molecule has 122 valence electrons. The van der Waals surface area contributed by atoms with Crippen LogP contribution in [-0.2, 0) is 9.53 Å². The fraction of sp³-hybridized carbons (Fsp3) is 0.158. The highest BCUT2D eigenvalue weighted by Crippen LogP contribution is 2.23. The molecule has 0 aliphatic heterocycles. The van der Waals surface area contributed by atoms with Crippen molar-refractivity contribution in [2.24, 2.45) is 0 Å². The number of hydrogen-bond donors (Lipinski definition) is 0. The van der Waals surface area contributed by atoms with E-state index in [1.54, 1.807) is 36.0 Å². The van der Waals surface area contributed by atoms with Gasteiger partial charge < -0.3 is 4.74 Å². The van der Waals surface area contributed by atoms with Gasteiger partial charge in [0.25, 0.3) is 0 Å². The molecule has 1 aromatic heterocycles. The number of nitrogens with zero attached hydrogens (tertiary/aromatic N) is 2. The second kappa shape index (κ2) is 6.66. The van der Waals surface area contributed by atoms with Crippen LogP contribution < -0.4 is 0 Å². The molecule has 4 nitrogen and oxygen atoms in total. The predicted molar refractivity (Wildman–Crippen MR) is 91.4 cm³/mol. The van der Waals surface area contributed by atoms with Gasteiger partial charge >= 0.3 is 5.97 Å². The van der Waals surface area contributed by atoms with Crippen molar-refractivity contribution in [2.75, 3.05) is 6.61 Å². The van der Waals surface area contributed by atoms with Gasteiger partial charge in [0, 0.05) is 11.5 Å². The molecule has 0 N–H and O–H groups in total. The molecule has 0 unspecified atom stereocenters.